The molecule has 0 atom stereocenters. The highest BCUT2D eigenvalue weighted by molar-refractivity contribution is 5.78. The van der Waals surface area contributed by atoms with Crippen LogP contribution >= 0.6 is 0 Å². The number of rotatable bonds is 2. The van der Waals surface area contributed by atoms with Crippen LogP contribution in [0.15, 0.2) is 51.7 Å². The highest BCUT2D eigenvalue weighted by Crippen LogP contribution is 2.28. The fourth-order valence-corrected chi connectivity index (χ4v) is 1.94. The molecule has 1 aromatic heterocycles. The molecule has 1 N–H and O–H groups in total. The van der Waals surface area contributed by atoms with Gasteiger partial charge in [0, 0.05) is 6.07 Å². The van der Waals surface area contributed by atoms with Crippen molar-refractivity contribution >= 4 is 11.0 Å². The number of aromatic hydroxyl groups is 1. The van der Waals surface area contributed by atoms with Crippen LogP contribution in [0.1, 0.15) is 0 Å². The number of hydrogen-bond donors (Lipinski definition) is 1. The number of ether oxygens (including phenoxy) is 1. The van der Waals surface area contributed by atoms with Crippen molar-refractivity contribution < 1.29 is 14.3 Å². The van der Waals surface area contributed by atoms with E-state index in [1.165, 1.54) is 13.2 Å². The molecule has 5 nitrogen and oxygen atoms in total. The summed E-state index contributed by atoms with van der Waals surface area (Å²) in [5.41, 5.74) is 0.323. The lowest BCUT2D eigenvalue weighted by molar-refractivity contribution is 0.414. The first kappa shape index (κ1) is 12.2. The van der Waals surface area contributed by atoms with Crippen molar-refractivity contribution in [2.75, 3.05) is 7.11 Å². The lowest BCUT2D eigenvalue weighted by atomic mass is 10.2. The SMILES string of the molecule is COc1ccc2c(=O)nc(-c3ccccc3O)oc2c1. The van der Waals surface area contributed by atoms with Crippen LogP contribution in [-0.2, 0) is 0 Å². The number of fused-ring (bicyclic) bond motifs is 1. The van der Waals surface area contributed by atoms with Crippen LogP contribution in [0.2, 0.25) is 0 Å². The van der Waals surface area contributed by atoms with Crippen LogP contribution < -0.4 is 10.3 Å². The second-order valence-electron chi connectivity index (χ2n) is 4.20. The Morgan fingerprint density at radius 1 is 1.20 bits per heavy atom. The second-order valence-corrected chi connectivity index (χ2v) is 4.20. The van der Waals surface area contributed by atoms with E-state index in [-0.39, 0.29) is 11.6 Å². The molecule has 20 heavy (non-hydrogen) atoms. The van der Waals surface area contributed by atoms with Gasteiger partial charge >= 0.3 is 0 Å². The lowest BCUT2D eigenvalue weighted by Crippen LogP contribution is -2.07. The normalized spacial score (nSPS) is 10.7. The molecule has 0 aliphatic rings. The van der Waals surface area contributed by atoms with Gasteiger partial charge in [0.1, 0.15) is 17.1 Å². The summed E-state index contributed by atoms with van der Waals surface area (Å²) < 4.78 is 10.7. The summed E-state index contributed by atoms with van der Waals surface area (Å²) in [6.45, 7) is 0. The Balaban J connectivity index is 2.28. The minimum absolute atomic E-state index is 0.00500. The van der Waals surface area contributed by atoms with Gasteiger partial charge in [-0.2, -0.15) is 4.98 Å². The van der Waals surface area contributed by atoms with Crippen LogP contribution in [0.25, 0.3) is 22.4 Å². The summed E-state index contributed by atoms with van der Waals surface area (Å²) in [4.78, 5) is 15.9. The van der Waals surface area contributed by atoms with Gasteiger partial charge in [-0.3, -0.25) is 4.79 Å². The highest BCUT2D eigenvalue weighted by Gasteiger charge is 2.12. The average Bonchev–Trinajstić information content (AvgIpc) is 2.47. The Hall–Kier alpha value is -2.82. The van der Waals surface area contributed by atoms with E-state index >= 15 is 0 Å². The van der Waals surface area contributed by atoms with Crippen molar-refractivity contribution in [1.29, 1.82) is 0 Å². The summed E-state index contributed by atoms with van der Waals surface area (Å²) >= 11 is 0. The van der Waals surface area contributed by atoms with Crippen molar-refractivity contribution in [2.24, 2.45) is 0 Å². The van der Waals surface area contributed by atoms with Crippen LogP contribution in [0.5, 0.6) is 11.5 Å². The molecule has 0 radical (unpaired) electrons. The molecule has 3 rings (SSSR count). The van der Waals surface area contributed by atoms with Gasteiger partial charge in [0.15, 0.2) is 0 Å². The number of hydrogen-bond acceptors (Lipinski definition) is 5. The van der Waals surface area contributed by atoms with Crippen LogP contribution in [0.3, 0.4) is 0 Å². The fourth-order valence-electron chi connectivity index (χ4n) is 1.94. The number of aromatic nitrogens is 1. The van der Waals surface area contributed by atoms with E-state index in [2.05, 4.69) is 4.98 Å². The summed E-state index contributed by atoms with van der Waals surface area (Å²) in [6, 6.07) is 11.4. The smallest absolute Gasteiger partial charge is 0.284 e. The van der Waals surface area contributed by atoms with E-state index in [1.54, 1.807) is 36.4 Å². The minimum Gasteiger partial charge on any atom is -0.507 e. The molecule has 0 aliphatic carbocycles. The third kappa shape index (κ3) is 1.99. The maximum atomic E-state index is 12.0. The first-order chi connectivity index (χ1) is 9.69. The van der Waals surface area contributed by atoms with Gasteiger partial charge < -0.3 is 14.3 Å². The number of methoxy groups -OCH3 is 1. The van der Waals surface area contributed by atoms with Crippen LogP contribution in [0, 0.1) is 0 Å². The van der Waals surface area contributed by atoms with Crippen molar-refractivity contribution in [1.82, 2.24) is 4.98 Å². The molecule has 0 saturated carbocycles. The third-order valence-corrected chi connectivity index (χ3v) is 2.96. The molecule has 5 heteroatoms. The summed E-state index contributed by atoms with van der Waals surface area (Å²) in [5, 5.41) is 10.2. The van der Waals surface area contributed by atoms with E-state index in [0.29, 0.717) is 22.3 Å². The third-order valence-electron chi connectivity index (χ3n) is 2.96. The number of benzene rings is 2. The van der Waals surface area contributed by atoms with Crippen molar-refractivity contribution in [3.05, 3.63) is 52.8 Å². The lowest BCUT2D eigenvalue weighted by Gasteiger charge is -2.05. The van der Waals surface area contributed by atoms with E-state index in [9.17, 15) is 9.90 Å². The largest absolute Gasteiger partial charge is 0.507 e. The van der Waals surface area contributed by atoms with Crippen molar-refractivity contribution in [2.45, 2.75) is 0 Å². The number of phenolic OH excluding ortho intramolecular Hbond substituents is 1. The molecular weight excluding hydrogens is 258 g/mol. The maximum Gasteiger partial charge on any atom is 0.284 e. The van der Waals surface area contributed by atoms with Gasteiger partial charge in [0.25, 0.3) is 5.56 Å². The standard InChI is InChI=1S/C15H11NO4/c1-19-9-6-7-11-13(8-9)20-15(16-14(11)18)10-4-2-3-5-12(10)17/h2-8,17H,1H3. The van der Waals surface area contributed by atoms with Gasteiger partial charge in [-0.05, 0) is 24.3 Å². The van der Waals surface area contributed by atoms with Crippen LogP contribution in [0.4, 0.5) is 0 Å². The number of nitrogens with zero attached hydrogens (tertiary/aromatic N) is 1. The van der Waals surface area contributed by atoms with E-state index in [0.717, 1.165) is 0 Å². The van der Waals surface area contributed by atoms with Gasteiger partial charge in [0.05, 0.1) is 18.1 Å². The molecule has 0 bridgehead atoms. The molecule has 0 spiro atoms. The topological polar surface area (TPSA) is 72.6 Å². The minimum atomic E-state index is -0.410. The zero-order valence-electron chi connectivity index (χ0n) is 10.7. The molecule has 100 valence electrons. The number of para-hydroxylation sites is 1. The fraction of sp³-hybridized carbons (Fsp3) is 0.0667. The molecule has 0 saturated heterocycles. The first-order valence-corrected chi connectivity index (χ1v) is 5.96. The Morgan fingerprint density at radius 3 is 2.75 bits per heavy atom. The van der Waals surface area contributed by atoms with E-state index in [1.807, 2.05) is 0 Å². The Bertz CT molecular complexity index is 839. The zero-order valence-corrected chi connectivity index (χ0v) is 10.7. The summed E-state index contributed by atoms with van der Waals surface area (Å²) in [6.07, 6.45) is 0. The molecule has 0 amide bonds. The molecule has 0 fully saturated rings. The van der Waals surface area contributed by atoms with Gasteiger partial charge in [-0.1, -0.05) is 12.1 Å². The quantitative estimate of drug-likeness (QED) is 0.774. The van der Waals surface area contributed by atoms with Crippen molar-refractivity contribution in [3.63, 3.8) is 0 Å². The Kier molecular flexibility index (Phi) is 2.87. The van der Waals surface area contributed by atoms with Crippen LogP contribution in [-0.4, -0.2) is 17.2 Å². The summed E-state index contributed by atoms with van der Waals surface area (Å²) in [7, 11) is 1.53. The highest BCUT2D eigenvalue weighted by atomic mass is 16.5. The summed E-state index contributed by atoms with van der Waals surface area (Å²) in [5.74, 6) is 0.661. The molecule has 3 aromatic rings. The first-order valence-electron chi connectivity index (χ1n) is 5.96. The van der Waals surface area contributed by atoms with Gasteiger partial charge in [0.2, 0.25) is 5.89 Å². The monoisotopic (exact) mass is 269 g/mol. The van der Waals surface area contributed by atoms with Gasteiger partial charge in [-0.25, -0.2) is 0 Å². The van der Waals surface area contributed by atoms with E-state index < -0.39 is 5.56 Å². The van der Waals surface area contributed by atoms with E-state index in [4.69, 9.17) is 9.15 Å². The predicted molar refractivity (Wildman–Crippen MR) is 73.9 cm³/mol. The Labute approximate surface area is 114 Å². The second kappa shape index (κ2) is 4.70. The molecule has 0 unspecified atom stereocenters. The van der Waals surface area contributed by atoms with Gasteiger partial charge in [-0.15, -0.1) is 0 Å². The van der Waals surface area contributed by atoms with Crippen molar-refractivity contribution in [3.8, 4) is 23.0 Å². The molecular formula is C15H11NO4. The predicted octanol–water partition coefficient (Wildman–Crippen LogP) is 2.57. The number of phenols is 1. The zero-order chi connectivity index (χ0) is 14.1. The Morgan fingerprint density at radius 2 is 2.00 bits per heavy atom. The molecule has 0 aliphatic heterocycles. The molecule has 2 aromatic carbocycles. The molecule has 1 heterocycles. The maximum absolute atomic E-state index is 12.0. The average molecular weight is 269 g/mol.